The van der Waals surface area contributed by atoms with Crippen LogP contribution in [0.25, 0.3) is 0 Å². The van der Waals surface area contributed by atoms with E-state index in [4.69, 9.17) is 14.2 Å². The molecule has 1 atom stereocenters. The summed E-state index contributed by atoms with van der Waals surface area (Å²) in [6.45, 7) is 3.32. The van der Waals surface area contributed by atoms with Crippen molar-refractivity contribution in [1.82, 2.24) is 10.6 Å². The first-order valence-corrected chi connectivity index (χ1v) is 5.20. The average Bonchev–Trinajstić information content (AvgIpc) is 2.26. The van der Waals surface area contributed by atoms with Gasteiger partial charge in [-0.25, -0.2) is 0 Å². The summed E-state index contributed by atoms with van der Waals surface area (Å²) >= 11 is 0. The van der Waals surface area contributed by atoms with Crippen molar-refractivity contribution >= 4 is 5.91 Å². The highest BCUT2D eigenvalue weighted by Crippen LogP contribution is 1.97. The Balaban J connectivity index is 3.68. The molecule has 0 heterocycles. The molecule has 0 saturated carbocycles. The highest BCUT2D eigenvalue weighted by atomic mass is 16.7. The minimum Gasteiger partial charge on any atom is -0.383 e. The number of rotatable bonds is 9. The molecule has 0 aliphatic carbocycles. The Morgan fingerprint density at radius 3 is 2.38 bits per heavy atom. The van der Waals surface area contributed by atoms with E-state index in [1.165, 1.54) is 14.2 Å². The van der Waals surface area contributed by atoms with E-state index < -0.39 is 6.29 Å². The summed E-state index contributed by atoms with van der Waals surface area (Å²) in [6.07, 6.45) is -0.428. The van der Waals surface area contributed by atoms with Crippen LogP contribution in [0.4, 0.5) is 0 Å². The third-order valence-corrected chi connectivity index (χ3v) is 2.03. The predicted octanol–water partition coefficient (Wildman–Crippen LogP) is -0.654. The Kier molecular flexibility index (Phi) is 9.12. The molecule has 0 radical (unpaired) electrons. The molecule has 0 rings (SSSR count). The molecule has 6 nitrogen and oxygen atoms in total. The number of carbonyl (C=O) groups excluding carboxylic acids is 1. The molecule has 0 saturated heterocycles. The molecule has 16 heavy (non-hydrogen) atoms. The van der Waals surface area contributed by atoms with Crippen molar-refractivity contribution in [1.29, 1.82) is 0 Å². The zero-order valence-corrected chi connectivity index (χ0v) is 10.4. The third-order valence-electron chi connectivity index (χ3n) is 2.03. The predicted molar refractivity (Wildman–Crippen MR) is 60.2 cm³/mol. The number of ether oxygens (including phenoxy) is 3. The van der Waals surface area contributed by atoms with Crippen molar-refractivity contribution in [2.45, 2.75) is 19.3 Å². The lowest BCUT2D eigenvalue weighted by atomic mass is 10.3. The molecular formula is C10H22N2O4. The number of nitrogens with one attached hydrogen (secondary N) is 2. The molecule has 0 bridgehead atoms. The number of hydrogen-bond donors (Lipinski definition) is 2. The van der Waals surface area contributed by atoms with Crippen molar-refractivity contribution in [3.05, 3.63) is 0 Å². The molecule has 0 aromatic heterocycles. The zero-order chi connectivity index (χ0) is 12.4. The molecular weight excluding hydrogens is 212 g/mol. The van der Waals surface area contributed by atoms with E-state index >= 15 is 0 Å². The third kappa shape index (κ3) is 6.73. The second-order valence-electron chi connectivity index (χ2n) is 3.37. The molecule has 0 spiro atoms. The summed E-state index contributed by atoms with van der Waals surface area (Å²) in [6, 6.07) is -0.188. The summed E-state index contributed by atoms with van der Waals surface area (Å²) in [7, 11) is 4.69. The van der Waals surface area contributed by atoms with Gasteiger partial charge in [-0.05, 0) is 6.92 Å². The van der Waals surface area contributed by atoms with E-state index in [2.05, 4.69) is 10.6 Å². The lowest BCUT2D eigenvalue weighted by Crippen LogP contribution is -2.46. The van der Waals surface area contributed by atoms with Crippen LogP contribution < -0.4 is 10.6 Å². The second-order valence-corrected chi connectivity index (χ2v) is 3.37. The molecule has 0 aliphatic heterocycles. The summed E-state index contributed by atoms with van der Waals surface area (Å²) < 4.78 is 14.9. The smallest absolute Gasteiger partial charge is 0.234 e. The van der Waals surface area contributed by atoms with Gasteiger partial charge in [0.05, 0.1) is 19.2 Å². The molecule has 0 aliphatic rings. The fourth-order valence-electron chi connectivity index (χ4n) is 1.25. The summed E-state index contributed by atoms with van der Waals surface area (Å²) in [5.41, 5.74) is 0. The summed E-state index contributed by atoms with van der Waals surface area (Å²) in [5.74, 6) is -0.0947. The number of amides is 1. The molecule has 6 heteroatoms. The largest absolute Gasteiger partial charge is 0.383 e. The maximum atomic E-state index is 11.4. The van der Waals surface area contributed by atoms with E-state index in [0.29, 0.717) is 13.2 Å². The highest BCUT2D eigenvalue weighted by molar-refractivity contribution is 5.78. The maximum absolute atomic E-state index is 11.4. The van der Waals surface area contributed by atoms with Crippen molar-refractivity contribution in [3.63, 3.8) is 0 Å². The average molecular weight is 234 g/mol. The first-order valence-electron chi connectivity index (χ1n) is 5.20. The normalized spacial score (nSPS) is 12.8. The monoisotopic (exact) mass is 234 g/mol. The van der Waals surface area contributed by atoms with Gasteiger partial charge in [0.25, 0.3) is 0 Å². The van der Waals surface area contributed by atoms with Gasteiger partial charge in [-0.2, -0.15) is 0 Å². The van der Waals surface area contributed by atoms with Gasteiger partial charge < -0.3 is 24.8 Å². The Bertz CT molecular complexity index is 186. The quantitative estimate of drug-likeness (QED) is 0.410. The van der Waals surface area contributed by atoms with E-state index in [-0.39, 0.29) is 18.5 Å². The van der Waals surface area contributed by atoms with Crippen LogP contribution in [-0.4, -0.2) is 59.3 Å². The fraction of sp³-hybridized carbons (Fsp3) is 0.900. The van der Waals surface area contributed by atoms with Gasteiger partial charge in [0, 0.05) is 27.9 Å². The Hall–Kier alpha value is -0.690. The Morgan fingerprint density at radius 2 is 1.88 bits per heavy atom. The van der Waals surface area contributed by atoms with Gasteiger partial charge in [-0.15, -0.1) is 0 Å². The molecule has 1 amide bonds. The molecule has 0 aromatic carbocycles. The lowest BCUT2D eigenvalue weighted by molar-refractivity contribution is -0.135. The maximum Gasteiger partial charge on any atom is 0.234 e. The number of methoxy groups -OCH3 is 3. The van der Waals surface area contributed by atoms with Gasteiger partial charge >= 0.3 is 0 Å². The second kappa shape index (κ2) is 9.53. The van der Waals surface area contributed by atoms with E-state index in [1.807, 2.05) is 6.92 Å². The van der Waals surface area contributed by atoms with Gasteiger partial charge in [-0.3, -0.25) is 4.79 Å². The Labute approximate surface area is 96.6 Å². The highest BCUT2D eigenvalue weighted by Gasteiger charge is 2.17. The zero-order valence-electron chi connectivity index (χ0n) is 10.4. The molecule has 96 valence electrons. The van der Waals surface area contributed by atoms with E-state index in [1.54, 1.807) is 7.11 Å². The first kappa shape index (κ1) is 15.3. The minimum atomic E-state index is -0.428. The first-order chi connectivity index (χ1) is 7.65. The van der Waals surface area contributed by atoms with Crippen LogP contribution in [0.1, 0.15) is 6.92 Å². The van der Waals surface area contributed by atoms with Crippen LogP contribution in [0.2, 0.25) is 0 Å². The van der Waals surface area contributed by atoms with E-state index in [9.17, 15) is 4.79 Å². The molecule has 2 N–H and O–H groups in total. The van der Waals surface area contributed by atoms with Crippen LogP contribution in [0.3, 0.4) is 0 Å². The van der Waals surface area contributed by atoms with Crippen molar-refractivity contribution in [2.75, 3.05) is 41.0 Å². The van der Waals surface area contributed by atoms with Crippen molar-refractivity contribution < 1.29 is 19.0 Å². The molecule has 0 aromatic rings. The van der Waals surface area contributed by atoms with Crippen LogP contribution >= 0.6 is 0 Å². The SMILES string of the molecule is COCCNCC(=O)NC(C)C(OC)OC. The summed E-state index contributed by atoms with van der Waals surface area (Å²) in [4.78, 5) is 11.4. The van der Waals surface area contributed by atoms with Crippen LogP contribution in [0.5, 0.6) is 0 Å². The topological polar surface area (TPSA) is 68.8 Å². The van der Waals surface area contributed by atoms with E-state index in [0.717, 1.165) is 0 Å². The summed E-state index contributed by atoms with van der Waals surface area (Å²) in [5, 5.41) is 5.71. The number of carbonyl (C=O) groups is 1. The molecule has 1 unspecified atom stereocenters. The van der Waals surface area contributed by atoms with Gasteiger partial charge in [0.2, 0.25) is 5.91 Å². The van der Waals surface area contributed by atoms with Crippen LogP contribution in [0.15, 0.2) is 0 Å². The van der Waals surface area contributed by atoms with Crippen LogP contribution in [-0.2, 0) is 19.0 Å². The fourth-order valence-corrected chi connectivity index (χ4v) is 1.25. The van der Waals surface area contributed by atoms with Gasteiger partial charge in [0.1, 0.15) is 0 Å². The van der Waals surface area contributed by atoms with Gasteiger partial charge in [-0.1, -0.05) is 0 Å². The lowest BCUT2D eigenvalue weighted by Gasteiger charge is -2.22. The minimum absolute atomic E-state index is 0.0947. The van der Waals surface area contributed by atoms with Crippen molar-refractivity contribution in [2.24, 2.45) is 0 Å². The van der Waals surface area contributed by atoms with Crippen molar-refractivity contribution in [3.8, 4) is 0 Å². The number of hydrogen-bond acceptors (Lipinski definition) is 5. The Morgan fingerprint density at radius 1 is 1.25 bits per heavy atom. The van der Waals surface area contributed by atoms with Crippen LogP contribution in [0, 0.1) is 0 Å². The standard InChI is InChI=1S/C10H22N2O4/c1-8(10(15-3)16-4)12-9(13)7-11-5-6-14-2/h8,10-11H,5-7H2,1-4H3,(H,12,13). The van der Waals surface area contributed by atoms with Gasteiger partial charge in [0.15, 0.2) is 6.29 Å². The molecule has 0 fully saturated rings.